The lowest BCUT2D eigenvalue weighted by Crippen LogP contribution is -2.57. The lowest BCUT2D eigenvalue weighted by molar-refractivity contribution is -0.149. The third-order valence-corrected chi connectivity index (χ3v) is 5.51. The SMILES string of the molecule is C=CCOC(=O)[C@H](COCc1ccccc1)NC(=O)[C@@H](NC(=O)[C@H](CC(C)C)NC)[C@H](C)CC. The van der Waals surface area contributed by atoms with E-state index >= 15 is 0 Å². The van der Waals surface area contributed by atoms with Gasteiger partial charge in [0.1, 0.15) is 12.6 Å². The highest BCUT2D eigenvalue weighted by Gasteiger charge is 2.32. The van der Waals surface area contributed by atoms with Crippen molar-refractivity contribution in [2.75, 3.05) is 20.3 Å². The Morgan fingerprint density at radius 2 is 1.71 bits per heavy atom. The third-order valence-electron chi connectivity index (χ3n) is 5.51. The molecule has 0 saturated heterocycles. The van der Waals surface area contributed by atoms with E-state index in [1.807, 2.05) is 58.0 Å². The second kappa shape index (κ2) is 16.0. The van der Waals surface area contributed by atoms with E-state index in [2.05, 4.69) is 22.5 Å². The van der Waals surface area contributed by atoms with Crippen molar-refractivity contribution < 1.29 is 23.9 Å². The van der Waals surface area contributed by atoms with E-state index < -0.39 is 30.0 Å². The Kier molecular flexibility index (Phi) is 13.8. The second-order valence-electron chi connectivity index (χ2n) is 8.82. The van der Waals surface area contributed by atoms with Crippen molar-refractivity contribution in [1.82, 2.24) is 16.0 Å². The quantitative estimate of drug-likeness (QED) is 0.251. The van der Waals surface area contributed by atoms with Crippen LogP contribution in [0.15, 0.2) is 43.0 Å². The number of amides is 2. The maximum absolute atomic E-state index is 13.2. The summed E-state index contributed by atoms with van der Waals surface area (Å²) in [5.41, 5.74) is 0.944. The minimum absolute atomic E-state index is 0.0223. The van der Waals surface area contributed by atoms with E-state index in [0.29, 0.717) is 18.8 Å². The van der Waals surface area contributed by atoms with Gasteiger partial charge >= 0.3 is 5.97 Å². The van der Waals surface area contributed by atoms with Gasteiger partial charge in [0.2, 0.25) is 11.8 Å². The highest BCUT2D eigenvalue weighted by atomic mass is 16.5. The molecule has 1 rings (SSSR count). The smallest absolute Gasteiger partial charge is 0.331 e. The van der Waals surface area contributed by atoms with Crippen LogP contribution in [0.5, 0.6) is 0 Å². The molecule has 1 aromatic carbocycles. The highest BCUT2D eigenvalue weighted by Crippen LogP contribution is 2.11. The monoisotopic (exact) mass is 475 g/mol. The molecular formula is C26H41N3O5. The molecule has 2 amide bonds. The summed E-state index contributed by atoms with van der Waals surface area (Å²) in [6.45, 7) is 11.7. The molecule has 0 aliphatic rings. The number of rotatable bonds is 16. The van der Waals surface area contributed by atoms with Crippen LogP contribution in [0.25, 0.3) is 0 Å². The van der Waals surface area contributed by atoms with Gasteiger partial charge in [-0.2, -0.15) is 0 Å². The van der Waals surface area contributed by atoms with E-state index in [0.717, 1.165) is 5.56 Å². The van der Waals surface area contributed by atoms with Gasteiger partial charge in [-0.1, -0.05) is 77.1 Å². The number of ether oxygens (including phenoxy) is 2. The van der Waals surface area contributed by atoms with Crippen molar-refractivity contribution >= 4 is 17.8 Å². The summed E-state index contributed by atoms with van der Waals surface area (Å²) < 4.78 is 10.8. The van der Waals surface area contributed by atoms with E-state index in [9.17, 15) is 14.4 Å². The molecule has 4 atom stereocenters. The summed E-state index contributed by atoms with van der Waals surface area (Å²) in [5.74, 6) is -1.15. The summed E-state index contributed by atoms with van der Waals surface area (Å²) in [6.07, 6.45) is 2.76. The van der Waals surface area contributed by atoms with Crippen LogP contribution in [-0.4, -0.2) is 56.2 Å². The number of esters is 1. The molecule has 34 heavy (non-hydrogen) atoms. The van der Waals surface area contributed by atoms with Crippen molar-refractivity contribution in [3.8, 4) is 0 Å². The van der Waals surface area contributed by atoms with Crippen LogP contribution in [0, 0.1) is 11.8 Å². The fourth-order valence-electron chi connectivity index (χ4n) is 3.32. The first-order valence-corrected chi connectivity index (χ1v) is 11.9. The highest BCUT2D eigenvalue weighted by molar-refractivity contribution is 5.92. The molecule has 0 bridgehead atoms. The van der Waals surface area contributed by atoms with Crippen LogP contribution < -0.4 is 16.0 Å². The van der Waals surface area contributed by atoms with Gasteiger partial charge in [-0.25, -0.2) is 4.79 Å². The normalized spacial score (nSPS) is 14.5. The Balaban J connectivity index is 2.91. The first kappa shape index (κ1) is 29.3. The average molecular weight is 476 g/mol. The molecule has 0 aliphatic heterocycles. The van der Waals surface area contributed by atoms with Gasteiger partial charge < -0.3 is 25.4 Å². The zero-order valence-corrected chi connectivity index (χ0v) is 21.1. The Morgan fingerprint density at radius 1 is 1.03 bits per heavy atom. The van der Waals surface area contributed by atoms with Gasteiger partial charge in [0.25, 0.3) is 0 Å². The fourth-order valence-corrected chi connectivity index (χ4v) is 3.32. The number of likely N-dealkylation sites (N-methyl/N-ethyl adjacent to an activating group) is 1. The van der Waals surface area contributed by atoms with Crippen LogP contribution in [0.4, 0.5) is 0 Å². The maximum Gasteiger partial charge on any atom is 0.331 e. The molecule has 0 spiro atoms. The molecule has 3 N–H and O–H groups in total. The van der Waals surface area contributed by atoms with Gasteiger partial charge in [0.15, 0.2) is 6.04 Å². The molecule has 8 nitrogen and oxygen atoms in total. The molecule has 190 valence electrons. The first-order valence-electron chi connectivity index (χ1n) is 11.9. The Hall–Kier alpha value is -2.71. The largest absolute Gasteiger partial charge is 0.460 e. The molecule has 0 radical (unpaired) electrons. The number of benzene rings is 1. The van der Waals surface area contributed by atoms with E-state index in [4.69, 9.17) is 9.47 Å². The summed E-state index contributed by atoms with van der Waals surface area (Å²) in [7, 11) is 1.72. The van der Waals surface area contributed by atoms with Crippen molar-refractivity contribution in [3.05, 3.63) is 48.6 Å². The van der Waals surface area contributed by atoms with Crippen LogP contribution >= 0.6 is 0 Å². The number of carbonyl (C=O) groups excluding carboxylic acids is 3. The standard InChI is InChI=1S/C26H41N3O5/c1-7-14-34-26(32)22(17-33-16-20-12-10-9-11-13-20)28-25(31)23(19(5)8-2)29-24(30)21(27-6)15-18(3)4/h7,9-13,18-19,21-23,27H,1,8,14-17H2,2-6H3,(H,28,31)(H,29,30)/t19-,21+,22+,23+/m1/s1. The molecular weight excluding hydrogens is 434 g/mol. The summed E-state index contributed by atoms with van der Waals surface area (Å²) >= 11 is 0. The molecule has 8 heteroatoms. The number of hydrogen-bond donors (Lipinski definition) is 3. The van der Waals surface area contributed by atoms with Crippen LogP contribution in [0.2, 0.25) is 0 Å². The van der Waals surface area contributed by atoms with Gasteiger partial charge in [-0.15, -0.1) is 0 Å². The van der Waals surface area contributed by atoms with Crippen LogP contribution in [0.3, 0.4) is 0 Å². The fraction of sp³-hybridized carbons (Fsp3) is 0.577. The molecule has 0 fully saturated rings. The minimum atomic E-state index is -1.02. The topological polar surface area (TPSA) is 106 Å². The van der Waals surface area contributed by atoms with Crippen molar-refractivity contribution in [2.45, 2.75) is 65.3 Å². The first-order chi connectivity index (χ1) is 16.2. The molecule has 0 saturated carbocycles. The Labute approximate surface area is 203 Å². The summed E-state index contributed by atoms with van der Waals surface area (Å²) in [4.78, 5) is 38.6. The number of hydrogen-bond acceptors (Lipinski definition) is 6. The lowest BCUT2D eigenvalue weighted by atomic mass is 9.96. The van der Waals surface area contributed by atoms with E-state index in [1.165, 1.54) is 6.08 Å². The van der Waals surface area contributed by atoms with Crippen LogP contribution in [0.1, 0.15) is 46.1 Å². The summed E-state index contributed by atoms with van der Waals surface area (Å²) in [5, 5.41) is 8.61. The van der Waals surface area contributed by atoms with Gasteiger partial charge in [0.05, 0.1) is 19.3 Å². The van der Waals surface area contributed by atoms with Crippen molar-refractivity contribution in [2.24, 2.45) is 11.8 Å². The van der Waals surface area contributed by atoms with Gasteiger partial charge in [0, 0.05) is 0 Å². The molecule has 1 aromatic rings. The molecule has 0 heterocycles. The van der Waals surface area contributed by atoms with Gasteiger partial charge in [-0.3, -0.25) is 9.59 Å². The maximum atomic E-state index is 13.2. The van der Waals surface area contributed by atoms with E-state index in [1.54, 1.807) is 7.05 Å². The number of carbonyl (C=O) groups is 3. The zero-order chi connectivity index (χ0) is 25.5. The van der Waals surface area contributed by atoms with Crippen molar-refractivity contribution in [1.29, 1.82) is 0 Å². The minimum Gasteiger partial charge on any atom is -0.460 e. The predicted octanol–water partition coefficient (Wildman–Crippen LogP) is 2.58. The van der Waals surface area contributed by atoms with Crippen LogP contribution in [-0.2, 0) is 30.5 Å². The molecule has 0 unspecified atom stereocenters. The molecule has 0 aliphatic carbocycles. The molecule has 0 aromatic heterocycles. The average Bonchev–Trinajstić information content (AvgIpc) is 2.83. The Morgan fingerprint density at radius 3 is 2.26 bits per heavy atom. The second-order valence-corrected chi connectivity index (χ2v) is 8.82. The summed E-state index contributed by atoms with van der Waals surface area (Å²) in [6, 6.07) is 7.28. The van der Waals surface area contributed by atoms with Crippen molar-refractivity contribution in [3.63, 3.8) is 0 Å². The Bertz CT molecular complexity index is 769. The number of nitrogens with one attached hydrogen (secondary N) is 3. The lowest BCUT2D eigenvalue weighted by Gasteiger charge is -2.28. The van der Waals surface area contributed by atoms with Gasteiger partial charge in [-0.05, 0) is 30.9 Å². The third kappa shape index (κ3) is 10.5. The van der Waals surface area contributed by atoms with E-state index in [-0.39, 0.29) is 31.6 Å². The zero-order valence-electron chi connectivity index (χ0n) is 21.1. The predicted molar refractivity (Wildman–Crippen MR) is 133 cm³/mol.